The third kappa shape index (κ3) is 3.91. The predicted octanol–water partition coefficient (Wildman–Crippen LogP) is 3.15. The molecule has 0 radical (unpaired) electrons. The monoisotopic (exact) mass is 308 g/mol. The highest BCUT2D eigenvalue weighted by Gasteiger charge is 2.34. The van der Waals surface area contributed by atoms with E-state index in [1.807, 2.05) is 4.90 Å². The number of piperazine rings is 1. The standard InChI is InChI=1S/C14H17F5N2/c15-4-3-13(21-7-5-20-6-8-21)10-1-2-11(12(16)9-10)14(17,18)19/h1-2,9,13,20H,3-8H2/t13-/m0/s1. The largest absolute Gasteiger partial charge is 0.419 e. The van der Waals surface area contributed by atoms with Crippen molar-refractivity contribution in [2.75, 3.05) is 32.9 Å². The van der Waals surface area contributed by atoms with Crippen molar-refractivity contribution in [2.24, 2.45) is 0 Å². The van der Waals surface area contributed by atoms with Crippen molar-refractivity contribution >= 4 is 0 Å². The van der Waals surface area contributed by atoms with Gasteiger partial charge in [-0.25, -0.2) is 4.39 Å². The maximum Gasteiger partial charge on any atom is 0.419 e. The second-order valence-electron chi connectivity index (χ2n) is 5.02. The highest BCUT2D eigenvalue weighted by atomic mass is 19.4. The van der Waals surface area contributed by atoms with E-state index >= 15 is 0 Å². The molecule has 1 aliphatic rings. The Morgan fingerprint density at radius 3 is 2.38 bits per heavy atom. The Labute approximate surface area is 119 Å². The van der Waals surface area contributed by atoms with Crippen molar-refractivity contribution < 1.29 is 22.0 Å². The molecule has 1 fully saturated rings. The van der Waals surface area contributed by atoms with E-state index in [0.717, 1.165) is 25.2 Å². The average Bonchev–Trinajstić information content (AvgIpc) is 2.44. The van der Waals surface area contributed by atoms with Crippen molar-refractivity contribution in [3.63, 3.8) is 0 Å². The van der Waals surface area contributed by atoms with Crippen LogP contribution < -0.4 is 5.32 Å². The van der Waals surface area contributed by atoms with Crippen LogP contribution in [0.15, 0.2) is 18.2 Å². The molecule has 2 rings (SSSR count). The first-order valence-corrected chi connectivity index (χ1v) is 6.81. The molecule has 0 unspecified atom stereocenters. The Bertz CT molecular complexity index is 469. The number of nitrogens with zero attached hydrogens (tertiary/aromatic N) is 1. The lowest BCUT2D eigenvalue weighted by molar-refractivity contribution is -0.140. The topological polar surface area (TPSA) is 15.3 Å². The van der Waals surface area contributed by atoms with Gasteiger partial charge in [-0.2, -0.15) is 13.2 Å². The molecular weight excluding hydrogens is 291 g/mol. The van der Waals surface area contributed by atoms with Gasteiger partial charge in [-0.05, 0) is 24.1 Å². The van der Waals surface area contributed by atoms with Crippen LogP contribution in [0.3, 0.4) is 0 Å². The van der Waals surface area contributed by atoms with Gasteiger partial charge in [0.25, 0.3) is 0 Å². The van der Waals surface area contributed by atoms with Crippen LogP contribution >= 0.6 is 0 Å². The van der Waals surface area contributed by atoms with Gasteiger partial charge in [0.2, 0.25) is 0 Å². The SMILES string of the molecule is FCC[C@@H](c1ccc(C(F)(F)F)c(F)c1)N1CCNCC1. The number of hydrogen-bond donors (Lipinski definition) is 1. The third-order valence-electron chi connectivity index (χ3n) is 3.66. The first-order chi connectivity index (χ1) is 9.93. The van der Waals surface area contributed by atoms with Crippen molar-refractivity contribution in [2.45, 2.75) is 18.6 Å². The molecule has 1 N–H and O–H groups in total. The van der Waals surface area contributed by atoms with E-state index in [1.165, 1.54) is 6.07 Å². The van der Waals surface area contributed by atoms with E-state index in [-0.39, 0.29) is 6.42 Å². The Kier molecular flexibility index (Phi) is 5.16. The summed E-state index contributed by atoms with van der Waals surface area (Å²) in [7, 11) is 0. The molecule has 118 valence electrons. The summed E-state index contributed by atoms with van der Waals surface area (Å²) in [5.41, 5.74) is -0.898. The van der Waals surface area contributed by atoms with Gasteiger partial charge < -0.3 is 5.32 Å². The molecule has 0 bridgehead atoms. The summed E-state index contributed by atoms with van der Waals surface area (Å²) in [4.78, 5) is 1.97. The molecule has 0 aromatic heterocycles. The zero-order valence-electron chi connectivity index (χ0n) is 11.4. The van der Waals surface area contributed by atoms with Crippen molar-refractivity contribution in [1.82, 2.24) is 10.2 Å². The molecule has 0 spiro atoms. The summed E-state index contributed by atoms with van der Waals surface area (Å²) < 4.78 is 64.1. The fourth-order valence-electron chi connectivity index (χ4n) is 2.63. The molecule has 1 aromatic rings. The van der Waals surface area contributed by atoms with E-state index in [1.54, 1.807) is 0 Å². The minimum absolute atomic E-state index is 0.144. The van der Waals surface area contributed by atoms with Gasteiger partial charge in [0, 0.05) is 32.2 Å². The van der Waals surface area contributed by atoms with E-state index in [4.69, 9.17) is 0 Å². The van der Waals surface area contributed by atoms with Gasteiger partial charge in [-0.15, -0.1) is 0 Å². The van der Waals surface area contributed by atoms with E-state index in [0.29, 0.717) is 18.7 Å². The smallest absolute Gasteiger partial charge is 0.314 e. The number of nitrogens with one attached hydrogen (secondary N) is 1. The first kappa shape index (κ1) is 16.2. The van der Waals surface area contributed by atoms with Gasteiger partial charge in [0.1, 0.15) is 5.82 Å². The van der Waals surface area contributed by atoms with Crippen LogP contribution in [0.1, 0.15) is 23.6 Å². The van der Waals surface area contributed by atoms with Crippen LogP contribution in [0.25, 0.3) is 0 Å². The number of benzene rings is 1. The zero-order valence-corrected chi connectivity index (χ0v) is 11.4. The third-order valence-corrected chi connectivity index (χ3v) is 3.66. The van der Waals surface area contributed by atoms with Crippen LogP contribution in [0, 0.1) is 5.82 Å². The molecule has 1 heterocycles. The van der Waals surface area contributed by atoms with Crippen LogP contribution in [0.2, 0.25) is 0 Å². The Hall–Kier alpha value is -1.21. The highest BCUT2D eigenvalue weighted by molar-refractivity contribution is 5.28. The van der Waals surface area contributed by atoms with Gasteiger partial charge >= 0.3 is 6.18 Å². The predicted molar refractivity (Wildman–Crippen MR) is 69.2 cm³/mol. The zero-order chi connectivity index (χ0) is 15.5. The minimum Gasteiger partial charge on any atom is -0.314 e. The lowest BCUT2D eigenvalue weighted by atomic mass is 9.99. The Balaban J connectivity index is 2.26. The maximum absolute atomic E-state index is 13.7. The molecule has 21 heavy (non-hydrogen) atoms. The van der Waals surface area contributed by atoms with Crippen molar-refractivity contribution in [3.05, 3.63) is 35.1 Å². The van der Waals surface area contributed by atoms with E-state index in [2.05, 4.69) is 5.32 Å². The number of alkyl halides is 4. The molecule has 0 amide bonds. The number of hydrogen-bond acceptors (Lipinski definition) is 2. The second-order valence-corrected chi connectivity index (χ2v) is 5.02. The number of halogens is 5. The summed E-state index contributed by atoms with van der Waals surface area (Å²) in [5.74, 6) is -1.31. The van der Waals surface area contributed by atoms with E-state index < -0.39 is 30.3 Å². The van der Waals surface area contributed by atoms with E-state index in [9.17, 15) is 22.0 Å². The molecule has 1 aliphatic heterocycles. The molecule has 0 aliphatic carbocycles. The van der Waals surface area contributed by atoms with Crippen LogP contribution in [-0.2, 0) is 6.18 Å². The number of rotatable bonds is 4. The normalized spacial score (nSPS) is 18.7. The van der Waals surface area contributed by atoms with Crippen LogP contribution in [0.4, 0.5) is 22.0 Å². The molecule has 1 aromatic carbocycles. The maximum atomic E-state index is 13.7. The van der Waals surface area contributed by atoms with Gasteiger partial charge in [0.05, 0.1) is 12.2 Å². The fraction of sp³-hybridized carbons (Fsp3) is 0.571. The molecule has 1 saturated heterocycles. The summed E-state index contributed by atoms with van der Waals surface area (Å²) in [6.07, 6.45) is -4.57. The molecule has 7 heteroatoms. The minimum atomic E-state index is -4.72. The van der Waals surface area contributed by atoms with Crippen LogP contribution in [0.5, 0.6) is 0 Å². The lowest BCUT2D eigenvalue weighted by Crippen LogP contribution is -2.45. The van der Waals surface area contributed by atoms with Gasteiger partial charge in [-0.3, -0.25) is 9.29 Å². The highest BCUT2D eigenvalue weighted by Crippen LogP contribution is 2.34. The van der Waals surface area contributed by atoms with Gasteiger partial charge in [0.15, 0.2) is 0 Å². The average molecular weight is 308 g/mol. The Morgan fingerprint density at radius 1 is 1.19 bits per heavy atom. The van der Waals surface area contributed by atoms with Crippen LogP contribution in [-0.4, -0.2) is 37.8 Å². The summed E-state index contributed by atoms with van der Waals surface area (Å²) >= 11 is 0. The van der Waals surface area contributed by atoms with Crippen molar-refractivity contribution in [3.8, 4) is 0 Å². The fourth-order valence-corrected chi connectivity index (χ4v) is 2.63. The molecule has 2 nitrogen and oxygen atoms in total. The lowest BCUT2D eigenvalue weighted by Gasteiger charge is -2.35. The summed E-state index contributed by atoms with van der Waals surface area (Å²) in [5, 5.41) is 3.15. The quantitative estimate of drug-likeness (QED) is 0.860. The summed E-state index contributed by atoms with van der Waals surface area (Å²) in [6, 6.07) is 2.46. The molecule has 1 atom stereocenters. The molecular formula is C14H17F5N2. The molecule has 0 saturated carbocycles. The summed E-state index contributed by atoms with van der Waals surface area (Å²) in [6.45, 7) is 2.18. The van der Waals surface area contributed by atoms with Gasteiger partial charge in [-0.1, -0.05) is 6.07 Å². The Morgan fingerprint density at radius 2 is 1.86 bits per heavy atom. The second kappa shape index (κ2) is 6.70. The first-order valence-electron chi connectivity index (χ1n) is 6.81. The van der Waals surface area contributed by atoms with Crippen molar-refractivity contribution in [1.29, 1.82) is 0 Å².